The van der Waals surface area contributed by atoms with Gasteiger partial charge >= 0.3 is 0 Å². The third-order valence-electron chi connectivity index (χ3n) is 3.62. The lowest BCUT2D eigenvalue weighted by Crippen LogP contribution is -2.38. The maximum atomic E-state index is 5.84. The van der Waals surface area contributed by atoms with Crippen LogP contribution in [0, 0.1) is 13.8 Å². The molecule has 0 aliphatic carbocycles. The molecule has 0 N–H and O–H groups in total. The van der Waals surface area contributed by atoms with Gasteiger partial charge in [-0.15, -0.1) is 11.3 Å². The van der Waals surface area contributed by atoms with Crippen molar-refractivity contribution in [1.29, 1.82) is 0 Å². The van der Waals surface area contributed by atoms with E-state index in [4.69, 9.17) is 4.74 Å². The smallest absolute Gasteiger partial charge is 0.114 e. The molecule has 1 saturated heterocycles. The third-order valence-corrected chi connectivity index (χ3v) is 4.62. The number of rotatable bonds is 3. The predicted octanol–water partition coefficient (Wildman–Crippen LogP) is 2.73. The Balaban J connectivity index is 1.67. The summed E-state index contributed by atoms with van der Waals surface area (Å²) in [7, 11) is 0. The molecule has 0 spiro atoms. The fraction of sp³-hybridized carbons (Fsp3) is 0.467. The van der Waals surface area contributed by atoms with Crippen molar-refractivity contribution in [2.24, 2.45) is 0 Å². The topological polar surface area (TPSA) is 38.2 Å². The normalized spacial score (nSPS) is 20.2. The monoisotopic (exact) mass is 289 g/mol. The van der Waals surface area contributed by atoms with Crippen molar-refractivity contribution in [1.82, 2.24) is 14.9 Å². The average Bonchev–Trinajstić information content (AvgIpc) is 2.85. The van der Waals surface area contributed by atoms with Crippen molar-refractivity contribution in [2.75, 3.05) is 19.7 Å². The highest BCUT2D eigenvalue weighted by Crippen LogP contribution is 2.24. The van der Waals surface area contributed by atoms with Gasteiger partial charge in [0.25, 0.3) is 0 Å². The Bertz CT molecular complexity index is 567. The number of morpholine rings is 1. The van der Waals surface area contributed by atoms with Gasteiger partial charge in [0, 0.05) is 30.7 Å². The second-order valence-corrected chi connectivity index (χ2v) is 6.20. The molecule has 2 aromatic rings. The van der Waals surface area contributed by atoms with Gasteiger partial charge < -0.3 is 4.74 Å². The summed E-state index contributed by atoms with van der Waals surface area (Å²) in [5, 5.41) is 2.16. The zero-order valence-electron chi connectivity index (χ0n) is 11.9. The first-order valence-corrected chi connectivity index (χ1v) is 7.76. The van der Waals surface area contributed by atoms with E-state index in [1.165, 1.54) is 10.4 Å². The Morgan fingerprint density at radius 1 is 1.35 bits per heavy atom. The van der Waals surface area contributed by atoms with Gasteiger partial charge in [-0.05, 0) is 30.9 Å². The summed E-state index contributed by atoms with van der Waals surface area (Å²) in [5.41, 5.74) is 3.26. The van der Waals surface area contributed by atoms with Crippen LogP contribution in [0.3, 0.4) is 0 Å². The molecule has 0 amide bonds. The highest BCUT2D eigenvalue weighted by atomic mass is 32.1. The Hall–Kier alpha value is -1.30. The Kier molecular flexibility index (Phi) is 4.10. The van der Waals surface area contributed by atoms with Crippen LogP contribution in [0.4, 0.5) is 0 Å². The van der Waals surface area contributed by atoms with E-state index in [0.29, 0.717) is 0 Å². The molecule has 0 aromatic carbocycles. The molecule has 0 saturated carbocycles. The van der Waals surface area contributed by atoms with E-state index in [0.717, 1.165) is 37.6 Å². The summed E-state index contributed by atoms with van der Waals surface area (Å²) in [4.78, 5) is 12.6. The molecule has 5 heteroatoms. The molecule has 2 aromatic heterocycles. The number of hydrogen-bond acceptors (Lipinski definition) is 5. The van der Waals surface area contributed by atoms with Gasteiger partial charge in [0.1, 0.15) is 6.10 Å². The van der Waals surface area contributed by atoms with Crippen molar-refractivity contribution in [3.05, 3.63) is 45.7 Å². The third kappa shape index (κ3) is 3.06. The molecule has 0 radical (unpaired) electrons. The van der Waals surface area contributed by atoms with E-state index in [9.17, 15) is 0 Å². The number of thiophene rings is 1. The molecule has 106 valence electrons. The zero-order valence-corrected chi connectivity index (χ0v) is 12.7. The van der Waals surface area contributed by atoms with Crippen LogP contribution < -0.4 is 0 Å². The van der Waals surface area contributed by atoms with Crippen LogP contribution in [0.15, 0.2) is 23.8 Å². The molecule has 4 nitrogen and oxygen atoms in total. The highest BCUT2D eigenvalue weighted by Gasteiger charge is 2.23. The van der Waals surface area contributed by atoms with E-state index in [2.05, 4.69) is 33.2 Å². The number of aromatic nitrogens is 2. The molecule has 1 aliphatic rings. The minimum atomic E-state index is 0.0390. The minimum Gasteiger partial charge on any atom is -0.369 e. The van der Waals surface area contributed by atoms with Gasteiger partial charge in [0.15, 0.2) is 0 Å². The molecule has 3 rings (SSSR count). The summed E-state index contributed by atoms with van der Waals surface area (Å²) < 4.78 is 5.84. The Morgan fingerprint density at radius 2 is 2.25 bits per heavy atom. The largest absolute Gasteiger partial charge is 0.369 e. The van der Waals surface area contributed by atoms with Crippen LogP contribution in [0.5, 0.6) is 0 Å². The van der Waals surface area contributed by atoms with Crippen LogP contribution in [0.1, 0.15) is 27.9 Å². The SMILES string of the molecule is Cc1cnc([C@H]2CN(Cc3sccc3C)CCO2)cn1. The first-order valence-electron chi connectivity index (χ1n) is 6.88. The lowest BCUT2D eigenvalue weighted by molar-refractivity contribution is -0.0349. The van der Waals surface area contributed by atoms with Gasteiger partial charge in [-0.25, -0.2) is 0 Å². The van der Waals surface area contributed by atoms with Gasteiger partial charge in [0.2, 0.25) is 0 Å². The molecule has 0 bridgehead atoms. The van der Waals surface area contributed by atoms with E-state index < -0.39 is 0 Å². The second kappa shape index (κ2) is 5.99. The summed E-state index contributed by atoms with van der Waals surface area (Å²) in [6.45, 7) is 7.75. The highest BCUT2D eigenvalue weighted by molar-refractivity contribution is 7.10. The van der Waals surface area contributed by atoms with Crippen molar-refractivity contribution in [3.63, 3.8) is 0 Å². The first-order chi connectivity index (χ1) is 9.72. The molecule has 1 atom stereocenters. The molecule has 3 heterocycles. The number of hydrogen-bond donors (Lipinski definition) is 0. The van der Waals surface area contributed by atoms with E-state index >= 15 is 0 Å². The van der Waals surface area contributed by atoms with Crippen LogP contribution in [0.2, 0.25) is 0 Å². The molecular weight excluding hydrogens is 270 g/mol. The number of aryl methyl sites for hydroxylation is 2. The van der Waals surface area contributed by atoms with E-state index in [1.807, 2.05) is 24.5 Å². The van der Waals surface area contributed by atoms with Crippen LogP contribution in [-0.2, 0) is 11.3 Å². The summed E-state index contributed by atoms with van der Waals surface area (Å²) >= 11 is 1.83. The van der Waals surface area contributed by atoms with Crippen LogP contribution in [-0.4, -0.2) is 34.6 Å². The first kappa shape index (κ1) is 13.7. The molecule has 1 aliphatic heterocycles. The zero-order chi connectivity index (χ0) is 13.9. The molecule has 20 heavy (non-hydrogen) atoms. The maximum absolute atomic E-state index is 5.84. The summed E-state index contributed by atoms with van der Waals surface area (Å²) in [6, 6.07) is 2.18. The van der Waals surface area contributed by atoms with Crippen molar-refractivity contribution in [2.45, 2.75) is 26.5 Å². The van der Waals surface area contributed by atoms with E-state index in [1.54, 1.807) is 6.20 Å². The maximum Gasteiger partial charge on any atom is 0.114 e. The number of ether oxygens (including phenoxy) is 1. The van der Waals surface area contributed by atoms with Crippen molar-refractivity contribution < 1.29 is 4.74 Å². The standard InChI is InChI=1S/C15H19N3OS/c1-11-3-6-20-15(11)10-18-4-5-19-14(9-18)13-8-16-12(2)7-17-13/h3,6-8,14H,4-5,9-10H2,1-2H3/t14-/m1/s1. The predicted molar refractivity (Wildman–Crippen MR) is 79.8 cm³/mol. The Morgan fingerprint density at radius 3 is 2.95 bits per heavy atom. The molecular formula is C15H19N3OS. The van der Waals surface area contributed by atoms with Gasteiger partial charge in [-0.3, -0.25) is 14.9 Å². The summed E-state index contributed by atoms with van der Waals surface area (Å²) in [5.74, 6) is 0. The van der Waals surface area contributed by atoms with Gasteiger partial charge in [0.05, 0.1) is 24.2 Å². The quantitative estimate of drug-likeness (QED) is 0.871. The van der Waals surface area contributed by atoms with E-state index in [-0.39, 0.29) is 6.10 Å². The average molecular weight is 289 g/mol. The van der Waals surface area contributed by atoms with Crippen LogP contribution in [0.25, 0.3) is 0 Å². The van der Waals surface area contributed by atoms with Gasteiger partial charge in [-0.1, -0.05) is 0 Å². The minimum absolute atomic E-state index is 0.0390. The second-order valence-electron chi connectivity index (χ2n) is 5.20. The fourth-order valence-corrected chi connectivity index (χ4v) is 3.31. The lowest BCUT2D eigenvalue weighted by Gasteiger charge is -2.32. The summed E-state index contributed by atoms with van der Waals surface area (Å²) in [6.07, 6.45) is 3.68. The molecule has 1 fully saturated rings. The van der Waals surface area contributed by atoms with Gasteiger partial charge in [-0.2, -0.15) is 0 Å². The number of nitrogens with zero attached hydrogens (tertiary/aromatic N) is 3. The fourth-order valence-electron chi connectivity index (χ4n) is 2.36. The van der Waals surface area contributed by atoms with Crippen molar-refractivity contribution >= 4 is 11.3 Å². The van der Waals surface area contributed by atoms with Crippen LogP contribution >= 0.6 is 11.3 Å². The molecule has 0 unspecified atom stereocenters. The Labute approximate surface area is 123 Å². The van der Waals surface area contributed by atoms with Crippen molar-refractivity contribution in [3.8, 4) is 0 Å². The lowest BCUT2D eigenvalue weighted by atomic mass is 10.2.